The Kier molecular flexibility index (Phi) is 7.13. The molecule has 2 N–H and O–H groups in total. The second-order valence-corrected chi connectivity index (χ2v) is 12.8. The van der Waals surface area contributed by atoms with Crippen LogP contribution in [0.1, 0.15) is 32.6 Å². The largest absolute Gasteiger partial charge is 0.415 e. The summed E-state index contributed by atoms with van der Waals surface area (Å²) in [6.07, 6.45) is 4.66. The lowest BCUT2D eigenvalue weighted by molar-refractivity contribution is 0.0529. The Balaban J connectivity index is 1.32. The predicted molar refractivity (Wildman–Crippen MR) is 148 cm³/mol. The van der Waals surface area contributed by atoms with E-state index < -0.39 is 28.2 Å². The first-order valence-electron chi connectivity index (χ1n) is 13.6. The molecule has 0 bridgehead atoms. The number of benzene rings is 1. The van der Waals surface area contributed by atoms with Crippen molar-refractivity contribution in [3.63, 3.8) is 0 Å². The van der Waals surface area contributed by atoms with Crippen molar-refractivity contribution in [1.82, 2.24) is 15.2 Å². The number of aliphatic hydroxyl groups is 1. The van der Waals surface area contributed by atoms with E-state index in [2.05, 4.69) is 24.8 Å². The summed E-state index contributed by atoms with van der Waals surface area (Å²) in [4.78, 5) is 8.78. The summed E-state index contributed by atoms with van der Waals surface area (Å²) >= 11 is 0. The van der Waals surface area contributed by atoms with Crippen LogP contribution >= 0.6 is 0 Å². The predicted octanol–water partition coefficient (Wildman–Crippen LogP) is 3.28. The Morgan fingerprint density at radius 3 is 2.58 bits per heavy atom. The van der Waals surface area contributed by atoms with Gasteiger partial charge in [-0.15, -0.1) is 10.2 Å². The molecule has 3 aliphatic rings. The van der Waals surface area contributed by atoms with Crippen molar-refractivity contribution >= 4 is 27.2 Å². The molecule has 0 radical (unpaired) electrons. The summed E-state index contributed by atoms with van der Waals surface area (Å²) in [5.74, 6) is -0.0516. The molecule has 40 heavy (non-hydrogen) atoms. The average molecular weight is 573 g/mol. The molecule has 1 atom stereocenters. The zero-order valence-corrected chi connectivity index (χ0v) is 23.2. The summed E-state index contributed by atoms with van der Waals surface area (Å²) < 4.78 is 53.4. The maximum Gasteiger partial charge on any atom is 0.266 e. The van der Waals surface area contributed by atoms with Crippen molar-refractivity contribution in [1.29, 1.82) is 0 Å². The summed E-state index contributed by atoms with van der Waals surface area (Å²) in [5.41, 5.74) is 2.49. The third kappa shape index (κ3) is 5.77. The molecule has 3 aromatic rings. The van der Waals surface area contributed by atoms with Crippen LogP contribution in [0, 0.1) is 11.2 Å². The molecule has 214 valence electrons. The number of ether oxygens (including phenoxy) is 1. The highest BCUT2D eigenvalue weighted by molar-refractivity contribution is 7.92. The van der Waals surface area contributed by atoms with E-state index in [1.807, 2.05) is 11.8 Å². The monoisotopic (exact) mass is 572 g/mol. The van der Waals surface area contributed by atoms with Crippen LogP contribution in [0.3, 0.4) is 0 Å². The fourth-order valence-electron chi connectivity index (χ4n) is 5.50. The number of nitrogens with one attached hydrogen (secondary N) is 1. The molecule has 6 rings (SSSR count). The fraction of sp³-hybridized carbons (Fsp3) is 0.519. The summed E-state index contributed by atoms with van der Waals surface area (Å²) in [6.45, 7) is 4.88. The summed E-state index contributed by atoms with van der Waals surface area (Å²) in [6, 6.07) is 7.78. The second kappa shape index (κ2) is 10.6. The number of piperidine rings is 1. The van der Waals surface area contributed by atoms with Crippen LogP contribution in [-0.4, -0.2) is 80.0 Å². The minimum Gasteiger partial charge on any atom is -0.415 e. The van der Waals surface area contributed by atoms with Crippen LogP contribution in [0.25, 0.3) is 23.0 Å². The van der Waals surface area contributed by atoms with Gasteiger partial charge in [0.05, 0.1) is 42.0 Å². The van der Waals surface area contributed by atoms with E-state index in [4.69, 9.17) is 14.3 Å². The average Bonchev–Trinajstić information content (AvgIpc) is 3.48. The van der Waals surface area contributed by atoms with Crippen molar-refractivity contribution in [3.8, 4) is 23.0 Å². The Morgan fingerprint density at radius 1 is 1.07 bits per heavy atom. The van der Waals surface area contributed by atoms with Crippen molar-refractivity contribution in [2.45, 2.75) is 38.7 Å². The minimum absolute atomic E-state index is 0.0105. The molecule has 2 aromatic heterocycles. The molecule has 0 amide bonds. The minimum atomic E-state index is -3.70. The van der Waals surface area contributed by atoms with Gasteiger partial charge in [-0.25, -0.2) is 17.8 Å². The number of aliphatic hydroxyl groups excluding tert-OH is 1. The van der Waals surface area contributed by atoms with Crippen molar-refractivity contribution < 1.29 is 27.1 Å². The van der Waals surface area contributed by atoms with Gasteiger partial charge in [0.15, 0.2) is 0 Å². The van der Waals surface area contributed by atoms with E-state index in [9.17, 15) is 12.8 Å². The molecule has 11 nitrogen and oxygen atoms in total. The molecule has 2 saturated heterocycles. The molecule has 4 heterocycles. The molecular weight excluding hydrogens is 539 g/mol. The van der Waals surface area contributed by atoms with Gasteiger partial charge in [0.25, 0.3) is 5.89 Å². The smallest absolute Gasteiger partial charge is 0.266 e. The van der Waals surface area contributed by atoms with Crippen LogP contribution in [0.2, 0.25) is 0 Å². The van der Waals surface area contributed by atoms with Crippen LogP contribution < -0.4 is 14.5 Å². The van der Waals surface area contributed by atoms with Crippen LogP contribution in [-0.2, 0) is 14.8 Å². The highest BCUT2D eigenvalue weighted by Crippen LogP contribution is 2.54. The lowest BCUT2D eigenvalue weighted by atomic mass is 9.93. The van der Waals surface area contributed by atoms with Crippen LogP contribution in [0.4, 0.5) is 21.6 Å². The quantitative estimate of drug-likeness (QED) is 0.414. The van der Waals surface area contributed by atoms with E-state index in [0.717, 1.165) is 31.6 Å². The third-order valence-corrected chi connectivity index (χ3v) is 9.24. The third-order valence-electron chi connectivity index (χ3n) is 7.97. The van der Waals surface area contributed by atoms with Gasteiger partial charge in [-0.05, 0) is 56.2 Å². The van der Waals surface area contributed by atoms with E-state index in [0.29, 0.717) is 42.2 Å². The second-order valence-electron chi connectivity index (χ2n) is 10.9. The number of rotatable bonds is 8. The van der Waals surface area contributed by atoms with Gasteiger partial charge in [0, 0.05) is 38.3 Å². The highest BCUT2D eigenvalue weighted by atomic mass is 32.2. The number of hydrogen-bond acceptors (Lipinski definition) is 10. The van der Waals surface area contributed by atoms with E-state index in [1.165, 1.54) is 25.0 Å². The number of anilines is 3. The number of sulfonamides is 1. The summed E-state index contributed by atoms with van der Waals surface area (Å²) in [5, 5.41) is 17.6. The number of pyridine rings is 1. The first-order chi connectivity index (χ1) is 19.2. The van der Waals surface area contributed by atoms with Gasteiger partial charge in [-0.3, -0.25) is 4.72 Å². The van der Waals surface area contributed by atoms with E-state index in [-0.39, 0.29) is 23.6 Å². The van der Waals surface area contributed by atoms with E-state index in [1.54, 1.807) is 18.2 Å². The Labute approximate surface area is 232 Å². The number of nitrogens with zero attached hydrogens (tertiary/aromatic N) is 5. The van der Waals surface area contributed by atoms with Gasteiger partial charge in [-0.1, -0.05) is 0 Å². The number of morpholine rings is 1. The normalized spacial score (nSPS) is 20.6. The van der Waals surface area contributed by atoms with Gasteiger partial charge in [0.2, 0.25) is 15.9 Å². The van der Waals surface area contributed by atoms with Crippen molar-refractivity contribution in [2.75, 3.05) is 59.7 Å². The van der Waals surface area contributed by atoms with Gasteiger partial charge >= 0.3 is 0 Å². The number of hydrogen-bond donors (Lipinski definition) is 2. The lowest BCUT2D eigenvalue weighted by Gasteiger charge is -2.35. The molecule has 1 saturated carbocycles. The molecule has 3 fully saturated rings. The molecule has 0 unspecified atom stereocenters. The number of aromatic nitrogens is 3. The maximum atomic E-state index is 14.6. The van der Waals surface area contributed by atoms with Crippen molar-refractivity contribution in [3.05, 3.63) is 36.1 Å². The highest BCUT2D eigenvalue weighted by Gasteiger charge is 2.44. The van der Waals surface area contributed by atoms with Crippen LogP contribution in [0.5, 0.6) is 0 Å². The number of halogens is 1. The van der Waals surface area contributed by atoms with Gasteiger partial charge < -0.3 is 24.1 Å². The SMILES string of the molecule is C[C@@H]1CN(c2cc(F)cc(-c3nnc(-c4ccc(NS(=O)(=O)CCO)cc4N4CCC5(CC4)CC5)o3)n2)CCO1. The van der Waals surface area contributed by atoms with E-state index >= 15 is 0 Å². The molecule has 13 heteroatoms. The Bertz CT molecular complexity index is 1480. The van der Waals surface area contributed by atoms with Crippen LogP contribution in [0.15, 0.2) is 34.7 Å². The molecular formula is C27H33FN6O5S. The molecule has 2 aliphatic heterocycles. The summed E-state index contributed by atoms with van der Waals surface area (Å²) in [7, 11) is -3.70. The molecule has 1 spiro atoms. The fourth-order valence-corrected chi connectivity index (χ4v) is 6.33. The standard InChI is InChI=1S/C27H33FN6O5S/c1-18-17-34(10-12-38-18)24-15-19(28)14-22(29-24)26-31-30-25(39-26)21-3-2-20(32-40(36,37)13-11-35)16-23(21)33-8-6-27(4-5-27)7-9-33/h2-3,14-16,18,32,35H,4-13,17H2,1H3/t18-/m1/s1. The lowest BCUT2D eigenvalue weighted by Crippen LogP contribution is -2.41. The maximum absolute atomic E-state index is 14.6. The van der Waals surface area contributed by atoms with Crippen molar-refractivity contribution in [2.24, 2.45) is 5.41 Å². The van der Waals surface area contributed by atoms with Gasteiger partial charge in [0.1, 0.15) is 17.3 Å². The Hall–Kier alpha value is -3.29. The first kappa shape index (κ1) is 26.9. The Morgan fingerprint density at radius 2 is 1.85 bits per heavy atom. The first-order valence-corrected chi connectivity index (χ1v) is 15.3. The topological polar surface area (TPSA) is 134 Å². The molecule has 1 aromatic carbocycles. The zero-order valence-electron chi connectivity index (χ0n) is 22.3. The molecule has 1 aliphatic carbocycles. The van der Waals surface area contributed by atoms with Gasteiger partial charge in [-0.2, -0.15) is 0 Å². The zero-order chi connectivity index (χ0) is 27.9.